The standard InChI is InChI=1S/C23H23NO5/c1-15(2)29-22-13-17(27-3)9-10-18(22)20-12-11-19(23(25)26)21(24-20)14-28-16-7-5-4-6-8-16/h4-13,15H,14H2,1-3H3,(H,25,26). The molecule has 2 aromatic carbocycles. The van der Waals surface area contributed by atoms with E-state index in [0.717, 1.165) is 5.56 Å². The van der Waals surface area contributed by atoms with Gasteiger partial charge < -0.3 is 19.3 Å². The Balaban J connectivity index is 1.99. The van der Waals surface area contributed by atoms with Crippen LogP contribution in [0.5, 0.6) is 17.2 Å². The summed E-state index contributed by atoms with van der Waals surface area (Å²) in [6, 6.07) is 17.9. The van der Waals surface area contributed by atoms with Crippen molar-refractivity contribution in [1.82, 2.24) is 4.98 Å². The van der Waals surface area contributed by atoms with Crippen molar-refractivity contribution < 1.29 is 24.1 Å². The molecule has 0 saturated carbocycles. The van der Waals surface area contributed by atoms with Gasteiger partial charge in [-0.1, -0.05) is 18.2 Å². The molecular weight excluding hydrogens is 370 g/mol. The van der Waals surface area contributed by atoms with Crippen molar-refractivity contribution in [1.29, 1.82) is 0 Å². The van der Waals surface area contributed by atoms with Crippen LogP contribution in [-0.2, 0) is 6.61 Å². The van der Waals surface area contributed by atoms with Crippen molar-refractivity contribution in [3.8, 4) is 28.5 Å². The molecule has 6 nitrogen and oxygen atoms in total. The summed E-state index contributed by atoms with van der Waals surface area (Å²) in [5.74, 6) is 0.873. The molecule has 0 radical (unpaired) electrons. The van der Waals surface area contributed by atoms with E-state index >= 15 is 0 Å². The Bertz CT molecular complexity index is 986. The first kappa shape index (κ1) is 20.2. The average molecular weight is 393 g/mol. The normalized spacial score (nSPS) is 10.6. The van der Waals surface area contributed by atoms with Gasteiger partial charge in [-0.3, -0.25) is 0 Å². The third-order valence-corrected chi connectivity index (χ3v) is 4.15. The monoisotopic (exact) mass is 393 g/mol. The number of methoxy groups -OCH3 is 1. The van der Waals surface area contributed by atoms with E-state index in [1.54, 1.807) is 19.2 Å². The SMILES string of the molecule is COc1ccc(-c2ccc(C(=O)O)c(COc3ccccc3)n2)c(OC(C)C)c1. The Kier molecular flexibility index (Phi) is 6.34. The quantitative estimate of drug-likeness (QED) is 0.591. The molecule has 1 N–H and O–H groups in total. The van der Waals surface area contributed by atoms with E-state index in [1.807, 2.05) is 56.3 Å². The molecule has 0 spiro atoms. The predicted molar refractivity (Wildman–Crippen MR) is 110 cm³/mol. The maximum absolute atomic E-state index is 11.6. The van der Waals surface area contributed by atoms with Crippen LogP contribution in [0.2, 0.25) is 0 Å². The van der Waals surface area contributed by atoms with Crippen LogP contribution in [0.25, 0.3) is 11.3 Å². The Morgan fingerprint density at radius 1 is 1.03 bits per heavy atom. The largest absolute Gasteiger partial charge is 0.497 e. The second-order valence-corrected chi connectivity index (χ2v) is 6.63. The molecule has 29 heavy (non-hydrogen) atoms. The molecule has 1 heterocycles. The average Bonchev–Trinajstić information content (AvgIpc) is 2.72. The van der Waals surface area contributed by atoms with E-state index < -0.39 is 5.97 Å². The third kappa shape index (κ3) is 5.04. The van der Waals surface area contributed by atoms with Crippen molar-refractivity contribution >= 4 is 5.97 Å². The van der Waals surface area contributed by atoms with E-state index in [2.05, 4.69) is 4.98 Å². The molecule has 0 aliphatic carbocycles. The summed E-state index contributed by atoms with van der Waals surface area (Å²) in [6.45, 7) is 3.91. The summed E-state index contributed by atoms with van der Waals surface area (Å²) in [6.07, 6.45) is -0.0416. The number of nitrogens with zero attached hydrogens (tertiary/aromatic N) is 1. The minimum absolute atomic E-state index is 0.0377. The smallest absolute Gasteiger partial charge is 0.337 e. The van der Waals surface area contributed by atoms with Crippen molar-refractivity contribution in [2.24, 2.45) is 0 Å². The van der Waals surface area contributed by atoms with E-state index in [1.165, 1.54) is 6.07 Å². The lowest BCUT2D eigenvalue weighted by atomic mass is 10.1. The second-order valence-electron chi connectivity index (χ2n) is 6.63. The number of hydrogen-bond donors (Lipinski definition) is 1. The maximum atomic E-state index is 11.6. The number of aromatic carboxylic acids is 1. The van der Waals surface area contributed by atoms with Gasteiger partial charge in [0.2, 0.25) is 0 Å². The van der Waals surface area contributed by atoms with Gasteiger partial charge in [0.05, 0.1) is 30.2 Å². The lowest BCUT2D eigenvalue weighted by Gasteiger charge is -2.16. The van der Waals surface area contributed by atoms with Crippen LogP contribution < -0.4 is 14.2 Å². The highest BCUT2D eigenvalue weighted by Crippen LogP contribution is 2.34. The van der Waals surface area contributed by atoms with Crippen molar-refractivity contribution in [3.05, 3.63) is 71.9 Å². The molecule has 0 amide bonds. The molecule has 3 aromatic rings. The maximum Gasteiger partial charge on any atom is 0.337 e. The molecule has 0 fully saturated rings. The fourth-order valence-electron chi connectivity index (χ4n) is 2.82. The fourth-order valence-corrected chi connectivity index (χ4v) is 2.82. The fraction of sp³-hybridized carbons (Fsp3) is 0.217. The summed E-state index contributed by atoms with van der Waals surface area (Å²) in [4.78, 5) is 16.2. The van der Waals surface area contributed by atoms with Crippen LogP contribution in [0.4, 0.5) is 0 Å². The van der Waals surface area contributed by atoms with Gasteiger partial charge in [0.1, 0.15) is 23.9 Å². The van der Waals surface area contributed by atoms with Crippen LogP contribution in [0.3, 0.4) is 0 Å². The van der Waals surface area contributed by atoms with Crippen LogP contribution in [0, 0.1) is 0 Å². The zero-order chi connectivity index (χ0) is 20.8. The number of aromatic nitrogens is 1. The minimum Gasteiger partial charge on any atom is -0.497 e. The number of hydrogen-bond acceptors (Lipinski definition) is 5. The number of para-hydroxylation sites is 1. The molecule has 6 heteroatoms. The summed E-state index contributed by atoms with van der Waals surface area (Å²) in [5.41, 5.74) is 1.78. The van der Waals surface area contributed by atoms with Crippen molar-refractivity contribution in [2.45, 2.75) is 26.6 Å². The number of ether oxygens (including phenoxy) is 3. The minimum atomic E-state index is -1.05. The van der Waals surface area contributed by atoms with E-state index in [4.69, 9.17) is 14.2 Å². The molecule has 0 unspecified atom stereocenters. The van der Waals surface area contributed by atoms with Gasteiger partial charge in [-0.05, 0) is 50.2 Å². The second kappa shape index (κ2) is 9.10. The summed E-state index contributed by atoms with van der Waals surface area (Å²) in [5, 5.41) is 9.53. The first-order valence-corrected chi connectivity index (χ1v) is 9.24. The third-order valence-electron chi connectivity index (χ3n) is 4.15. The van der Waals surface area contributed by atoms with Crippen molar-refractivity contribution in [2.75, 3.05) is 7.11 Å². The molecule has 0 aliphatic heterocycles. The summed E-state index contributed by atoms with van der Waals surface area (Å²) < 4.78 is 16.9. The summed E-state index contributed by atoms with van der Waals surface area (Å²) >= 11 is 0. The van der Waals surface area contributed by atoms with Crippen molar-refractivity contribution in [3.63, 3.8) is 0 Å². The van der Waals surface area contributed by atoms with Gasteiger partial charge in [-0.15, -0.1) is 0 Å². The van der Waals surface area contributed by atoms with E-state index in [-0.39, 0.29) is 18.3 Å². The van der Waals surface area contributed by atoms with Gasteiger partial charge in [0.25, 0.3) is 0 Å². The Morgan fingerprint density at radius 3 is 2.45 bits per heavy atom. The predicted octanol–water partition coefficient (Wildman–Crippen LogP) is 4.82. The highest BCUT2D eigenvalue weighted by molar-refractivity contribution is 5.89. The van der Waals surface area contributed by atoms with Gasteiger partial charge in [-0.2, -0.15) is 0 Å². The van der Waals surface area contributed by atoms with Crippen LogP contribution in [0.15, 0.2) is 60.7 Å². The molecule has 0 atom stereocenters. The number of pyridine rings is 1. The highest BCUT2D eigenvalue weighted by atomic mass is 16.5. The molecule has 0 aliphatic rings. The number of rotatable bonds is 8. The van der Waals surface area contributed by atoms with Crippen LogP contribution in [0.1, 0.15) is 29.9 Å². The molecule has 1 aromatic heterocycles. The first-order valence-electron chi connectivity index (χ1n) is 9.24. The Morgan fingerprint density at radius 2 is 1.79 bits per heavy atom. The van der Waals surface area contributed by atoms with Gasteiger partial charge in [-0.25, -0.2) is 9.78 Å². The zero-order valence-corrected chi connectivity index (χ0v) is 16.6. The first-order chi connectivity index (χ1) is 14.0. The van der Waals surface area contributed by atoms with Gasteiger partial charge >= 0.3 is 5.97 Å². The molecule has 0 saturated heterocycles. The summed E-state index contributed by atoms with van der Waals surface area (Å²) in [7, 11) is 1.59. The molecule has 150 valence electrons. The lowest BCUT2D eigenvalue weighted by molar-refractivity contribution is 0.0693. The number of carbonyl (C=O) groups is 1. The Hall–Kier alpha value is -3.54. The zero-order valence-electron chi connectivity index (χ0n) is 16.6. The molecule has 3 rings (SSSR count). The van der Waals surface area contributed by atoms with Gasteiger partial charge in [0, 0.05) is 11.6 Å². The van der Waals surface area contributed by atoms with Crippen LogP contribution >= 0.6 is 0 Å². The highest BCUT2D eigenvalue weighted by Gasteiger charge is 2.17. The number of carboxylic acids is 1. The topological polar surface area (TPSA) is 77.9 Å². The Labute approximate surface area is 169 Å². The number of carboxylic acid groups (broad SMARTS) is 1. The molecular formula is C23H23NO5. The number of benzene rings is 2. The lowest BCUT2D eigenvalue weighted by Crippen LogP contribution is -2.10. The van der Waals surface area contributed by atoms with Crippen LogP contribution in [-0.4, -0.2) is 29.3 Å². The van der Waals surface area contributed by atoms with E-state index in [0.29, 0.717) is 28.6 Å². The molecule has 0 bridgehead atoms. The van der Waals surface area contributed by atoms with E-state index in [9.17, 15) is 9.90 Å². The van der Waals surface area contributed by atoms with Gasteiger partial charge in [0.15, 0.2) is 0 Å².